The highest BCUT2D eigenvalue weighted by atomic mass is 35.5. The van der Waals surface area contributed by atoms with Crippen molar-refractivity contribution in [3.8, 4) is 0 Å². The number of nitrogens with one attached hydrogen (secondary N) is 2. The Morgan fingerprint density at radius 2 is 1.91 bits per heavy atom. The van der Waals surface area contributed by atoms with E-state index in [0.29, 0.717) is 22.2 Å². The van der Waals surface area contributed by atoms with Gasteiger partial charge in [0.05, 0.1) is 16.3 Å². The molecule has 0 unspecified atom stereocenters. The average molecular weight is 340 g/mol. The fourth-order valence-electron chi connectivity index (χ4n) is 1.49. The van der Waals surface area contributed by atoms with E-state index in [9.17, 15) is 9.59 Å². The van der Waals surface area contributed by atoms with Crippen molar-refractivity contribution in [2.24, 2.45) is 5.10 Å². The molecule has 0 radical (unpaired) electrons. The van der Waals surface area contributed by atoms with Crippen LogP contribution in [0.25, 0.3) is 0 Å². The zero-order chi connectivity index (χ0) is 16.1. The normalized spacial score (nSPS) is 11.1. The van der Waals surface area contributed by atoms with Crippen molar-refractivity contribution in [3.63, 3.8) is 0 Å². The minimum atomic E-state index is -0.919. The van der Waals surface area contributed by atoms with Gasteiger partial charge in [0.25, 0.3) is 0 Å². The second-order valence-corrected chi connectivity index (χ2v) is 5.01. The zero-order valence-electron chi connectivity index (χ0n) is 11.4. The quantitative estimate of drug-likeness (QED) is 0.512. The average Bonchev–Trinajstić information content (AvgIpc) is 3.02. The number of rotatable bonds is 3. The van der Waals surface area contributed by atoms with Crippen LogP contribution in [0.15, 0.2) is 46.1 Å². The smallest absolute Gasteiger partial charge is 0.329 e. The topological polar surface area (TPSA) is 83.7 Å². The summed E-state index contributed by atoms with van der Waals surface area (Å²) in [7, 11) is 0. The summed E-state index contributed by atoms with van der Waals surface area (Å²) in [5, 5.41) is 6.78. The summed E-state index contributed by atoms with van der Waals surface area (Å²) in [6.07, 6.45) is 1.48. The molecule has 0 aliphatic carbocycles. The third-order valence-corrected chi connectivity index (χ3v) is 3.33. The number of amides is 2. The van der Waals surface area contributed by atoms with Gasteiger partial charge < -0.3 is 9.73 Å². The van der Waals surface area contributed by atoms with E-state index in [1.54, 1.807) is 19.1 Å². The second kappa shape index (κ2) is 7.11. The number of hydrazone groups is 1. The van der Waals surface area contributed by atoms with E-state index in [0.717, 1.165) is 0 Å². The molecular weight excluding hydrogens is 329 g/mol. The van der Waals surface area contributed by atoms with Crippen LogP contribution >= 0.6 is 23.2 Å². The molecule has 2 N–H and O–H groups in total. The van der Waals surface area contributed by atoms with Crippen molar-refractivity contribution in [1.29, 1.82) is 0 Å². The summed E-state index contributed by atoms with van der Waals surface area (Å²) >= 11 is 11.6. The lowest BCUT2D eigenvalue weighted by molar-refractivity contribution is -0.136. The summed E-state index contributed by atoms with van der Waals surface area (Å²) in [6, 6.07) is 7.84. The van der Waals surface area contributed by atoms with Crippen LogP contribution in [-0.2, 0) is 9.59 Å². The molecule has 1 aromatic carbocycles. The van der Waals surface area contributed by atoms with Crippen molar-refractivity contribution in [3.05, 3.63) is 52.4 Å². The van der Waals surface area contributed by atoms with E-state index in [2.05, 4.69) is 15.8 Å². The van der Waals surface area contributed by atoms with Crippen molar-refractivity contribution in [2.75, 3.05) is 5.32 Å². The Kier molecular flexibility index (Phi) is 5.19. The molecule has 22 heavy (non-hydrogen) atoms. The SMILES string of the molecule is C/C(=N\NC(=O)C(=O)Nc1ccc(Cl)c(Cl)c1)c1ccco1. The lowest BCUT2D eigenvalue weighted by Crippen LogP contribution is -2.32. The molecule has 0 bridgehead atoms. The largest absolute Gasteiger partial charge is 0.463 e. The first kappa shape index (κ1) is 16.1. The summed E-state index contributed by atoms with van der Waals surface area (Å²) in [5.41, 5.74) is 2.91. The molecule has 0 saturated heterocycles. The number of nitrogens with zero attached hydrogens (tertiary/aromatic N) is 1. The summed E-state index contributed by atoms with van der Waals surface area (Å²) < 4.78 is 5.10. The highest BCUT2D eigenvalue weighted by Gasteiger charge is 2.14. The summed E-state index contributed by atoms with van der Waals surface area (Å²) in [4.78, 5) is 23.4. The van der Waals surface area contributed by atoms with Crippen LogP contribution in [0.4, 0.5) is 5.69 Å². The van der Waals surface area contributed by atoms with Crippen LogP contribution in [0.1, 0.15) is 12.7 Å². The zero-order valence-corrected chi connectivity index (χ0v) is 12.9. The lowest BCUT2D eigenvalue weighted by Gasteiger charge is -2.05. The van der Waals surface area contributed by atoms with Crippen molar-refractivity contribution in [1.82, 2.24) is 5.43 Å². The number of benzene rings is 1. The maximum absolute atomic E-state index is 11.7. The second-order valence-electron chi connectivity index (χ2n) is 4.20. The van der Waals surface area contributed by atoms with Gasteiger partial charge in [0.2, 0.25) is 0 Å². The minimum Gasteiger partial charge on any atom is -0.463 e. The van der Waals surface area contributed by atoms with Crippen LogP contribution in [0.5, 0.6) is 0 Å². The van der Waals surface area contributed by atoms with Crippen molar-refractivity contribution >= 4 is 46.4 Å². The summed E-state index contributed by atoms with van der Waals surface area (Å²) in [6.45, 7) is 1.63. The molecule has 2 aromatic rings. The fourth-order valence-corrected chi connectivity index (χ4v) is 1.78. The first-order valence-corrected chi connectivity index (χ1v) is 6.87. The summed E-state index contributed by atoms with van der Waals surface area (Å²) in [5.74, 6) is -1.31. The van der Waals surface area contributed by atoms with Gasteiger partial charge in [-0.2, -0.15) is 5.10 Å². The molecule has 6 nitrogen and oxygen atoms in total. The molecule has 114 valence electrons. The van der Waals surface area contributed by atoms with Gasteiger partial charge in [0, 0.05) is 5.69 Å². The molecule has 0 aliphatic heterocycles. The Hall–Kier alpha value is -2.31. The van der Waals surface area contributed by atoms with Gasteiger partial charge in [-0.15, -0.1) is 0 Å². The van der Waals surface area contributed by atoms with Gasteiger partial charge in [-0.3, -0.25) is 9.59 Å². The molecule has 1 aromatic heterocycles. The monoisotopic (exact) mass is 339 g/mol. The molecule has 0 atom stereocenters. The van der Waals surface area contributed by atoms with Gasteiger partial charge >= 0.3 is 11.8 Å². The molecule has 0 spiro atoms. The Bertz CT molecular complexity index is 727. The number of furan rings is 1. The van der Waals surface area contributed by atoms with Crippen molar-refractivity contribution in [2.45, 2.75) is 6.92 Å². The highest BCUT2D eigenvalue weighted by Crippen LogP contribution is 2.24. The van der Waals surface area contributed by atoms with Gasteiger partial charge in [0.15, 0.2) is 0 Å². The number of halogens is 2. The fraction of sp³-hybridized carbons (Fsp3) is 0.0714. The number of carbonyl (C=O) groups is 2. The molecule has 2 rings (SSSR count). The predicted octanol–water partition coefficient (Wildman–Crippen LogP) is 3.07. The lowest BCUT2D eigenvalue weighted by atomic mass is 10.3. The maximum atomic E-state index is 11.7. The van der Waals surface area contributed by atoms with Crippen LogP contribution < -0.4 is 10.7 Å². The Labute approximate surface area is 136 Å². The van der Waals surface area contributed by atoms with E-state index in [1.807, 2.05) is 0 Å². The molecule has 0 saturated carbocycles. The maximum Gasteiger partial charge on any atom is 0.329 e. The predicted molar refractivity (Wildman–Crippen MR) is 84.2 cm³/mol. The third kappa shape index (κ3) is 4.09. The first-order chi connectivity index (χ1) is 10.5. The van der Waals surface area contributed by atoms with E-state index >= 15 is 0 Å². The Morgan fingerprint density at radius 1 is 1.14 bits per heavy atom. The number of carbonyl (C=O) groups excluding carboxylic acids is 2. The number of hydrogen-bond donors (Lipinski definition) is 2. The molecule has 1 heterocycles. The van der Waals surface area contributed by atoms with Crippen LogP contribution in [0, 0.1) is 0 Å². The Balaban J connectivity index is 1.96. The minimum absolute atomic E-state index is 0.270. The van der Waals surface area contributed by atoms with E-state index in [-0.39, 0.29) is 5.02 Å². The number of hydrogen-bond acceptors (Lipinski definition) is 4. The van der Waals surface area contributed by atoms with Crippen LogP contribution in [0.2, 0.25) is 10.0 Å². The third-order valence-electron chi connectivity index (χ3n) is 2.59. The van der Waals surface area contributed by atoms with E-state index in [4.69, 9.17) is 27.6 Å². The first-order valence-electron chi connectivity index (χ1n) is 6.12. The highest BCUT2D eigenvalue weighted by molar-refractivity contribution is 6.43. The van der Waals surface area contributed by atoms with E-state index in [1.165, 1.54) is 24.5 Å². The molecule has 8 heteroatoms. The molecular formula is C14H11Cl2N3O3. The van der Waals surface area contributed by atoms with Gasteiger partial charge in [-0.1, -0.05) is 23.2 Å². The Morgan fingerprint density at radius 3 is 2.55 bits per heavy atom. The molecule has 2 amide bonds. The van der Waals surface area contributed by atoms with Crippen LogP contribution in [0.3, 0.4) is 0 Å². The van der Waals surface area contributed by atoms with Crippen LogP contribution in [-0.4, -0.2) is 17.5 Å². The van der Waals surface area contributed by atoms with Gasteiger partial charge in [0.1, 0.15) is 11.5 Å². The van der Waals surface area contributed by atoms with Gasteiger partial charge in [-0.25, -0.2) is 5.43 Å². The molecule has 0 aliphatic rings. The molecule has 0 fully saturated rings. The van der Waals surface area contributed by atoms with E-state index < -0.39 is 11.8 Å². The van der Waals surface area contributed by atoms with Gasteiger partial charge in [-0.05, 0) is 37.3 Å². The number of anilines is 1. The van der Waals surface area contributed by atoms with Crippen molar-refractivity contribution < 1.29 is 14.0 Å². The standard InChI is InChI=1S/C14H11Cl2N3O3/c1-8(12-3-2-6-22-12)18-19-14(21)13(20)17-9-4-5-10(15)11(16)7-9/h2-7H,1H3,(H,17,20)(H,19,21)/b18-8+.